The number of rotatable bonds is 5. The molecule has 1 N–H and O–H groups in total. The van der Waals surface area contributed by atoms with Crippen LogP contribution in [0.3, 0.4) is 0 Å². The molecule has 6 nitrogen and oxygen atoms in total. The summed E-state index contributed by atoms with van der Waals surface area (Å²) < 4.78 is 36.9. The van der Waals surface area contributed by atoms with Gasteiger partial charge in [0.1, 0.15) is 11.5 Å². The maximum atomic E-state index is 12.0. The van der Waals surface area contributed by atoms with Gasteiger partial charge in [0.05, 0.1) is 20.0 Å². The van der Waals surface area contributed by atoms with E-state index in [1.165, 1.54) is 0 Å². The molecule has 1 amide bonds. The fourth-order valence-electron chi connectivity index (χ4n) is 4.19. The number of ether oxygens (including phenoxy) is 2. The molecule has 4 rings (SSSR count). The Labute approximate surface area is 188 Å². The first-order valence-electron chi connectivity index (χ1n) is 10.3. The van der Waals surface area contributed by atoms with Gasteiger partial charge in [-0.3, -0.25) is 9.52 Å². The van der Waals surface area contributed by atoms with E-state index in [2.05, 4.69) is 19.1 Å². The van der Waals surface area contributed by atoms with E-state index < -0.39 is 21.8 Å². The summed E-state index contributed by atoms with van der Waals surface area (Å²) in [5, 5.41) is 0. The second-order valence-electron chi connectivity index (χ2n) is 7.93. The minimum absolute atomic E-state index is 0.112. The SMILES string of the molecule is COc1ccc(-c2cccc(-c3ccc(C4CC(=O)NS(=O)(=O)C4)c(OC)c3)c2)c(C)c1. The predicted octanol–water partition coefficient (Wildman–Crippen LogP) is 4.28. The zero-order chi connectivity index (χ0) is 22.9. The third-order valence-electron chi connectivity index (χ3n) is 5.74. The van der Waals surface area contributed by atoms with E-state index in [0.29, 0.717) is 5.75 Å². The van der Waals surface area contributed by atoms with E-state index in [-0.39, 0.29) is 12.2 Å². The molecule has 32 heavy (non-hydrogen) atoms. The standard InChI is InChI=1S/C25H25NO5S/c1-16-11-21(30-2)8-10-22(16)19-6-4-5-17(12-19)18-7-9-23(24(13-18)31-3)20-14-25(27)26-32(28,29)15-20/h4-13,20H,14-15H2,1-3H3,(H,26,27). The van der Waals surface area contributed by atoms with E-state index >= 15 is 0 Å². The van der Waals surface area contributed by atoms with Gasteiger partial charge in [0, 0.05) is 12.3 Å². The van der Waals surface area contributed by atoms with Crippen LogP contribution in [0.15, 0.2) is 60.7 Å². The monoisotopic (exact) mass is 451 g/mol. The molecule has 7 heteroatoms. The van der Waals surface area contributed by atoms with Crippen LogP contribution < -0.4 is 14.2 Å². The van der Waals surface area contributed by atoms with Crippen molar-refractivity contribution < 1.29 is 22.7 Å². The molecule has 166 valence electrons. The van der Waals surface area contributed by atoms with Gasteiger partial charge in [0.15, 0.2) is 0 Å². The second kappa shape index (κ2) is 8.67. The third kappa shape index (κ3) is 4.48. The highest BCUT2D eigenvalue weighted by Crippen LogP contribution is 2.36. The number of benzene rings is 3. The third-order valence-corrected chi connectivity index (χ3v) is 7.12. The van der Waals surface area contributed by atoms with Gasteiger partial charge in [-0.25, -0.2) is 8.42 Å². The Bertz CT molecular complexity index is 1280. The summed E-state index contributed by atoms with van der Waals surface area (Å²) >= 11 is 0. The van der Waals surface area contributed by atoms with Crippen LogP contribution in [0.2, 0.25) is 0 Å². The topological polar surface area (TPSA) is 81.7 Å². The van der Waals surface area contributed by atoms with Gasteiger partial charge in [-0.1, -0.05) is 36.4 Å². The van der Waals surface area contributed by atoms with Crippen molar-refractivity contribution in [2.45, 2.75) is 19.3 Å². The number of hydrogen-bond acceptors (Lipinski definition) is 5. The Morgan fingerprint density at radius 2 is 1.66 bits per heavy atom. The lowest BCUT2D eigenvalue weighted by atomic mass is 9.92. The second-order valence-corrected chi connectivity index (χ2v) is 9.69. The van der Waals surface area contributed by atoms with Crippen molar-refractivity contribution in [1.29, 1.82) is 0 Å². The average Bonchev–Trinajstić information content (AvgIpc) is 2.77. The van der Waals surface area contributed by atoms with Gasteiger partial charge in [-0.15, -0.1) is 0 Å². The molecule has 1 unspecified atom stereocenters. The lowest BCUT2D eigenvalue weighted by Crippen LogP contribution is -2.40. The van der Waals surface area contributed by atoms with Gasteiger partial charge >= 0.3 is 0 Å². The number of methoxy groups -OCH3 is 2. The molecule has 1 aliphatic rings. The lowest BCUT2D eigenvalue weighted by Gasteiger charge is -2.24. The van der Waals surface area contributed by atoms with Crippen molar-refractivity contribution >= 4 is 15.9 Å². The maximum Gasteiger partial charge on any atom is 0.235 e. The number of carbonyl (C=O) groups is 1. The minimum atomic E-state index is -3.63. The van der Waals surface area contributed by atoms with E-state index in [4.69, 9.17) is 9.47 Å². The molecule has 0 spiro atoms. The van der Waals surface area contributed by atoms with Crippen molar-refractivity contribution in [2.75, 3.05) is 20.0 Å². The van der Waals surface area contributed by atoms with Gasteiger partial charge in [0.2, 0.25) is 15.9 Å². The Hall–Kier alpha value is -3.32. The Morgan fingerprint density at radius 1 is 0.906 bits per heavy atom. The van der Waals surface area contributed by atoms with E-state index in [1.807, 2.05) is 53.3 Å². The van der Waals surface area contributed by atoms with Crippen molar-refractivity contribution in [3.05, 3.63) is 71.8 Å². The summed E-state index contributed by atoms with van der Waals surface area (Å²) in [6.07, 6.45) is 0.112. The smallest absolute Gasteiger partial charge is 0.235 e. The van der Waals surface area contributed by atoms with Crippen LogP contribution in [0, 0.1) is 6.92 Å². The highest BCUT2D eigenvalue weighted by atomic mass is 32.2. The number of aryl methyl sites for hydroxylation is 1. The lowest BCUT2D eigenvalue weighted by molar-refractivity contribution is -0.119. The number of sulfonamides is 1. The molecule has 0 bridgehead atoms. The Balaban J connectivity index is 1.69. The molecule has 3 aromatic rings. The molecule has 0 aliphatic carbocycles. The zero-order valence-corrected chi connectivity index (χ0v) is 19.0. The van der Waals surface area contributed by atoms with Crippen molar-refractivity contribution in [1.82, 2.24) is 4.72 Å². The fraction of sp³-hybridized carbons (Fsp3) is 0.240. The van der Waals surface area contributed by atoms with E-state index in [9.17, 15) is 13.2 Å². The first kappa shape index (κ1) is 21.9. The van der Waals surface area contributed by atoms with Gasteiger partial charge in [-0.05, 0) is 64.6 Å². The normalized spacial score (nSPS) is 17.5. The first-order chi connectivity index (χ1) is 15.3. The molecule has 1 heterocycles. The molecule has 0 saturated carbocycles. The summed E-state index contributed by atoms with van der Waals surface area (Å²) in [5.74, 6) is 0.325. The van der Waals surface area contributed by atoms with Crippen LogP contribution >= 0.6 is 0 Å². The van der Waals surface area contributed by atoms with E-state index in [1.54, 1.807) is 14.2 Å². The molecule has 3 aromatic carbocycles. The number of carbonyl (C=O) groups excluding carboxylic acids is 1. The van der Waals surface area contributed by atoms with Gasteiger partial charge < -0.3 is 9.47 Å². The van der Waals surface area contributed by atoms with Gasteiger partial charge in [-0.2, -0.15) is 0 Å². The van der Waals surface area contributed by atoms with Crippen LogP contribution in [-0.2, 0) is 14.8 Å². The van der Waals surface area contributed by atoms with Crippen LogP contribution in [0.1, 0.15) is 23.5 Å². The predicted molar refractivity (Wildman–Crippen MR) is 124 cm³/mol. The molecule has 1 aliphatic heterocycles. The van der Waals surface area contributed by atoms with Crippen LogP contribution in [-0.4, -0.2) is 34.3 Å². The molecule has 1 atom stereocenters. The molecule has 1 fully saturated rings. The number of nitrogens with one attached hydrogen (secondary N) is 1. The summed E-state index contributed by atoms with van der Waals surface area (Å²) in [6.45, 7) is 2.05. The first-order valence-corrected chi connectivity index (χ1v) is 11.9. The number of amides is 1. The van der Waals surface area contributed by atoms with Crippen molar-refractivity contribution in [2.24, 2.45) is 0 Å². The Kier molecular flexibility index (Phi) is 5.93. The largest absolute Gasteiger partial charge is 0.497 e. The maximum absolute atomic E-state index is 12.0. The minimum Gasteiger partial charge on any atom is -0.497 e. The summed E-state index contributed by atoms with van der Waals surface area (Å²) in [5.41, 5.74) is 6.00. The van der Waals surface area contributed by atoms with E-state index in [0.717, 1.165) is 39.1 Å². The van der Waals surface area contributed by atoms with Crippen molar-refractivity contribution in [3.63, 3.8) is 0 Å². The zero-order valence-electron chi connectivity index (χ0n) is 18.2. The van der Waals surface area contributed by atoms with Crippen LogP contribution in [0.5, 0.6) is 11.5 Å². The highest BCUT2D eigenvalue weighted by molar-refractivity contribution is 7.90. The number of hydrogen-bond donors (Lipinski definition) is 1. The van der Waals surface area contributed by atoms with Crippen LogP contribution in [0.4, 0.5) is 0 Å². The molecule has 0 aromatic heterocycles. The average molecular weight is 452 g/mol. The molecule has 1 saturated heterocycles. The van der Waals surface area contributed by atoms with Crippen molar-refractivity contribution in [3.8, 4) is 33.8 Å². The summed E-state index contributed by atoms with van der Waals surface area (Å²) in [7, 11) is -0.419. The van der Waals surface area contributed by atoms with Gasteiger partial charge in [0.25, 0.3) is 0 Å². The van der Waals surface area contributed by atoms with Crippen LogP contribution in [0.25, 0.3) is 22.3 Å². The molecular weight excluding hydrogens is 426 g/mol. The Morgan fingerprint density at radius 3 is 2.34 bits per heavy atom. The highest BCUT2D eigenvalue weighted by Gasteiger charge is 2.32. The summed E-state index contributed by atoms with van der Waals surface area (Å²) in [6, 6.07) is 19.9. The molecular formula is C25H25NO5S. The quantitative estimate of drug-likeness (QED) is 0.626. The summed E-state index contributed by atoms with van der Waals surface area (Å²) in [4.78, 5) is 11.9. The molecule has 0 radical (unpaired) electrons. The fourth-order valence-corrected chi connectivity index (χ4v) is 5.53.